The van der Waals surface area contributed by atoms with E-state index in [-0.39, 0.29) is 18.9 Å². The average molecular weight is 1390 g/mol. The van der Waals surface area contributed by atoms with Crippen LogP contribution in [0.1, 0.15) is 328 Å². The summed E-state index contributed by atoms with van der Waals surface area (Å²) >= 11 is 0. The second-order valence-electron chi connectivity index (χ2n) is 28.1. The average Bonchev–Trinajstić information content (AvgIpc) is 0.799. The first kappa shape index (κ1) is 91.7. The highest BCUT2D eigenvalue weighted by molar-refractivity contribution is 5.76. The van der Waals surface area contributed by atoms with Crippen LogP contribution in [0.5, 0.6) is 0 Å². The molecular weight excluding hydrogens is 1240 g/mol. The first-order valence-electron chi connectivity index (χ1n) is 40.6. The summed E-state index contributed by atoms with van der Waals surface area (Å²) in [4.78, 5) is 13.4. The molecule has 2 aliphatic heterocycles. The number of carbonyl (C=O) groups excluding carboxylic acids is 1. The van der Waals surface area contributed by atoms with Gasteiger partial charge in [0.2, 0.25) is 5.91 Å². The number of rotatable bonds is 67. The molecule has 0 aromatic heterocycles. The van der Waals surface area contributed by atoms with E-state index in [1.54, 1.807) is 6.08 Å². The second kappa shape index (κ2) is 67.8. The van der Waals surface area contributed by atoms with Crippen LogP contribution in [0.3, 0.4) is 0 Å². The molecule has 2 saturated heterocycles. The van der Waals surface area contributed by atoms with Gasteiger partial charge in [-0.3, -0.25) is 4.79 Å². The lowest BCUT2D eigenvalue weighted by Crippen LogP contribution is -2.65. The fourth-order valence-electron chi connectivity index (χ4n) is 12.8. The van der Waals surface area contributed by atoms with Gasteiger partial charge in [-0.15, -0.1) is 0 Å². The quantitative estimate of drug-likeness (QED) is 0.0204. The van der Waals surface area contributed by atoms with Crippen LogP contribution in [0.2, 0.25) is 0 Å². The molecule has 0 spiro atoms. The van der Waals surface area contributed by atoms with E-state index in [1.165, 1.54) is 212 Å². The molecule has 572 valence electrons. The van der Waals surface area contributed by atoms with Crippen molar-refractivity contribution in [1.82, 2.24) is 5.32 Å². The fraction of sp³-hybridized carbons (Fsp3) is 0.776. The monoisotopic (exact) mass is 1390 g/mol. The number of unbranched alkanes of at least 4 members (excludes halogenated alkanes) is 38. The molecule has 0 bridgehead atoms. The van der Waals surface area contributed by atoms with Gasteiger partial charge in [0, 0.05) is 6.42 Å². The molecule has 14 heteroatoms. The molecule has 0 aliphatic carbocycles. The summed E-state index contributed by atoms with van der Waals surface area (Å²) in [6.45, 7) is 2.70. The van der Waals surface area contributed by atoms with Gasteiger partial charge in [0.15, 0.2) is 12.6 Å². The molecule has 1 amide bonds. The van der Waals surface area contributed by atoms with Crippen molar-refractivity contribution < 1.29 is 64.6 Å². The van der Waals surface area contributed by atoms with Crippen LogP contribution < -0.4 is 5.32 Å². The van der Waals surface area contributed by atoms with Crippen LogP contribution in [-0.2, 0) is 23.7 Å². The van der Waals surface area contributed by atoms with Crippen LogP contribution in [0.4, 0.5) is 0 Å². The molecule has 0 aromatic carbocycles. The number of aliphatic hydroxyl groups is 8. The minimum Gasteiger partial charge on any atom is -0.394 e. The van der Waals surface area contributed by atoms with Crippen LogP contribution in [0, 0.1) is 0 Å². The fourth-order valence-corrected chi connectivity index (χ4v) is 12.8. The van der Waals surface area contributed by atoms with Gasteiger partial charge in [0.25, 0.3) is 0 Å². The minimum absolute atomic E-state index is 0.253. The minimum atomic E-state index is -1.80. The Morgan fingerprint density at radius 2 is 0.707 bits per heavy atom. The molecular formula is C85H149NO13. The molecule has 2 fully saturated rings. The topological polar surface area (TPSA) is 228 Å². The summed E-state index contributed by atoms with van der Waals surface area (Å²) in [5.41, 5.74) is 0. The molecule has 12 atom stereocenters. The van der Waals surface area contributed by atoms with Crippen molar-refractivity contribution in [1.29, 1.82) is 0 Å². The molecule has 2 aliphatic rings. The van der Waals surface area contributed by atoms with E-state index in [0.29, 0.717) is 12.8 Å². The lowest BCUT2D eigenvalue weighted by Gasteiger charge is -2.46. The van der Waals surface area contributed by atoms with Crippen molar-refractivity contribution in [2.45, 2.75) is 402 Å². The molecule has 99 heavy (non-hydrogen) atoms. The lowest BCUT2D eigenvalue weighted by molar-refractivity contribution is -0.359. The highest BCUT2D eigenvalue weighted by Gasteiger charge is 2.51. The standard InChI is InChI=1S/C85H149NO13/c1-3-5-7-9-11-13-15-17-19-21-23-25-27-29-31-33-35-36-37-38-39-41-43-45-47-49-51-53-55-57-59-61-63-65-67-69-77(90)86-73(72-96-84-82(95)80(93)83(76(71-88)98-84)99-85-81(94)79(92)78(91)75(70-87)97-85)74(89)68-66-64-62-60-58-56-54-52-50-48-46-44-42-40-34-32-30-28-26-24-22-20-18-16-14-12-10-8-6-4-2/h5,7,11,13,17,19,23,25,29,31,35-36,50,52,58,60,66,68,73-76,78-85,87-89,91-95H,3-4,6,8-10,12,14-16,18,20-22,24,26-28,30,32-34,37-49,51,53-57,59,61-65,67,69-72H2,1-2H3,(H,86,90)/b7-5-,13-11-,19-17-,25-23-,31-29-,36-35-,52-50+,60-58+,68-66+. The third-order valence-electron chi connectivity index (χ3n) is 19.2. The van der Waals surface area contributed by atoms with Gasteiger partial charge in [-0.05, 0) is 96.3 Å². The first-order chi connectivity index (χ1) is 48.6. The Morgan fingerprint density at radius 1 is 0.374 bits per heavy atom. The smallest absolute Gasteiger partial charge is 0.220 e. The molecule has 2 heterocycles. The van der Waals surface area contributed by atoms with Crippen molar-refractivity contribution in [2.24, 2.45) is 0 Å². The predicted octanol–water partition coefficient (Wildman–Crippen LogP) is 18.6. The Morgan fingerprint density at radius 3 is 1.11 bits per heavy atom. The normalized spacial score (nSPS) is 22.5. The maximum atomic E-state index is 13.4. The molecule has 9 N–H and O–H groups in total. The van der Waals surface area contributed by atoms with Crippen molar-refractivity contribution in [3.8, 4) is 0 Å². The lowest BCUT2D eigenvalue weighted by atomic mass is 9.97. The summed E-state index contributed by atoms with van der Waals surface area (Å²) in [6, 6.07) is -0.946. The third kappa shape index (κ3) is 50.7. The van der Waals surface area contributed by atoms with Gasteiger partial charge in [-0.25, -0.2) is 0 Å². The van der Waals surface area contributed by atoms with Gasteiger partial charge in [0.1, 0.15) is 48.8 Å². The molecule has 12 unspecified atom stereocenters. The molecule has 0 radical (unpaired) electrons. The summed E-state index contributed by atoms with van der Waals surface area (Å²) < 4.78 is 22.9. The number of aliphatic hydroxyl groups excluding tert-OH is 8. The van der Waals surface area contributed by atoms with Gasteiger partial charge in [-0.2, -0.15) is 0 Å². The second-order valence-corrected chi connectivity index (χ2v) is 28.1. The van der Waals surface area contributed by atoms with Crippen LogP contribution >= 0.6 is 0 Å². The van der Waals surface area contributed by atoms with Crippen LogP contribution in [-0.4, -0.2) is 140 Å². The zero-order valence-electron chi connectivity index (χ0n) is 62.7. The number of carbonyl (C=O) groups is 1. The van der Waals surface area contributed by atoms with Gasteiger partial charge in [0.05, 0.1) is 32.0 Å². The Balaban J connectivity index is 1.64. The largest absolute Gasteiger partial charge is 0.394 e. The predicted molar refractivity (Wildman–Crippen MR) is 410 cm³/mol. The van der Waals surface area contributed by atoms with E-state index in [9.17, 15) is 45.6 Å². The number of nitrogens with one attached hydrogen (secondary N) is 1. The van der Waals surface area contributed by atoms with Crippen molar-refractivity contribution >= 4 is 5.91 Å². The Labute approximate surface area is 604 Å². The highest BCUT2D eigenvalue weighted by Crippen LogP contribution is 2.30. The third-order valence-corrected chi connectivity index (χ3v) is 19.2. The van der Waals surface area contributed by atoms with E-state index in [1.807, 2.05) is 6.08 Å². The maximum Gasteiger partial charge on any atom is 0.220 e. The van der Waals surface area contributed by atoms with E-state index < -0.39 is 86.8 Å². The van der Waals surface area contributed by atoms with Crippen LogP contribution in [0.25, 0.3) is 0 Å². The number of allylic oxidation sites excluding steroid dienone is 17. The summed E-state index contributed by atoms with van der Waals surface area (Å²) in [5, 5.41) is 87.7. The Kier molecular flexibility index (Phi) is 62.8. The Hall–Kier alpha value is -3.35. The summed E-state index contributed by atoms with van der Waals surface area (Å²) in [6.07, 6.45) is 81.7. The summed E-state index contributed by atoms with van der Waals surface area (Å²) in [5.74, 6) is -0.253. The highest BCUT2D eigenvalue weighted by atomic mass is 16.7. The van der Waals surface area contributed by atoms with E-state index in [0.717, 1.165) is 83.5 Å². The number of ether oxygens (including phenoxy) is 4. The van der Waals surface area contributed by atoms with Crippen LogP contribution in [0.15, 0.2) is 109 Å². The molecule has 2 rings (SSSR count). The van der Waals surface area contributed by atoms with E-state index >= 15 is 0 Å². The van der Waals surface area contributed by atoms with E-state index in [2.05, 4.69) is 116 Å². The van der Waals surface area contributed by atoms with Crippen molar-refractivity contribution in [3.05, 3.63) is 109 Å². The van der Waals surface area contributed by atoms with Gasteiger partial charge >= 0.3 is 0 Å². The summed E-state index contributed by atoms with van der Waals surface area (Å²) in [7, 11) is 0. The SMILES string of the molecule is CC/C=C\C/C=C\C/C=C\C/C=C\C/C=C\C/C=C\CCCCCCCCCCCCCCCCCCC(=O)NC(COC1OC(CO)C(OC2OC(CO)C(O)C(O)C2O)C(O)C1O)C(O)/C=C/CC/C=C/CC/C=C/CCCCCCCCCCCCCCCCCCCCCC. The number of amides is 1. The number of hydrogen-bond donors (Lipinski definition) is 9. The zero-order chi connectivity index (χ0) is 71.5. The molecule has 0 saturated carbocycles. The van der Waals surface area contributed by atoms with E-state index in [4.69, 9.17) is 18.9 Å². The molecule has 0 aromatic rings. The maximum absolute atomic E-state index is 13.4. The van der Waals surface area contributed by atoms with Crippen molar-refractivity contribution in [3.63, 3.8) is 0 Å². The van der Waals surface area contributed by atoms with Crippen molar-refractivity contribution in [2.75, 3.05) is 19.8 Å². The first-order valence-corrected chi connectivity index (χ1v) is 40.6. The molecule has 14 nitrogen and oxygen atoms in total. The van der Waals surface area contributed by atoms with Gasteiger partial charge in [-0.1, -0.05) is 335 Å². The Bertz CT molecular complexity index is 2080. The zero-order valence-corrected chi connectivity index (χ0v) is 62.7. The number of hydrogen-bond acceptors (Lipinski definition) is 13. The van der Waals surface area contributed by atoms with Gasteiger partial charge < -0.3 is 65.1 Å².